The van der Waals surface area contributed by atoms with Crippen LogP contribution >= 0.6 is 0 Å². The molecule has 6 nitrogen and oxygen atoms in total. The standard InChI is InChI=1S/C22H27FN4O2/c1-26(2)22-24-14-18(15-5-7-17(23)8-6-15)20(25-22)16-9-11-27(12-10-16)21(28)19-4-3-13-29-19/h5-8,14,16,19H,3-4,9-13H2,1-2H3/t19-/m1/s1. The van der Waals surface area contributed by atoms with Gasteiger partial charge in [-0.1, -0.05) is 12.1 Å². The zero-order chi connectivity index (χ0) is 20.4. The minimum Gasteiger partial charge on any atom is -0.368 e. The molecule has 2 fully saturated rings. The number of aromatic nitrogens is 2. The van der Waals surface area contributed by atoms with Crippen LogP contribution in [0.5, 0.6) is 0 Å². The second kappa shape index (κ2) is 8.45. The fourth-order valence-electron chi connectivity index (χ4n) is 4.11. The van der Waals surface area contributed by atoms with Crippen LogP contribution in [0, 0.1) is 5.82 Å². The van der Waals surface area contributed by atoms with Crippen molar-refractivity contribution in [1.82, 2.24) is 14.9 Å². The summed E-state index contributed by atoms with van der Waals surface area (Å²) < 4.78 is 18.9. The fraction of sp³-hybridized carbons (Fsp3) is 0.500. The van der Waals surface area contributed by atoms with Crippen molar-refractivity contribution in [2.45, 2.75) is 37.7 Å². The predicted octanol–water partition coefficient (Wildman–Crippen LogP) is 3.23. The molecule has 2 saturated heterocycles. The highest BCUT2D eigenvalue weighted by molar-refractivity contribution is 5.81. The van der Waals surface area contributed by atoms with E-state index in [1.807, 2.05) is 30.1 Å². The number of likely N-dealkylation sites (tertiary alicyclic amines) is 1. The Bertz CT molecular complexity index is 858. The molecule has 0 aliphatic carbocycles. The molecule has 1 aromatic carbocycles. The first kappa shape index (κ1) is 19.8. The lowest BCUT2D eigenvalue weighted by molar-refractivity contribution is -0.142. The summed E-state index contributed by atoms with van der Waals surface area (Å²) in [5.74, 6) is 0.743. The van der Waals surface area contributed by atoms with E-state index in [1.165, 1.54) is 12.1 Å². The zero-order valence-corrected chi connectivity index (χ0v) is 17.0. The molecule has 2 aromatic rings. The number of benzene rings is 1. The third-order valence-electron chi connectivity index (χ3n) is 5.76. The lowest BCUT2D eigenvalue weighted by atomic mass is 9.88. The van der Waals surface area contributed by atoms with Crippen LogP contribution in [0.15, 0.2) is 30.5 Å². The molecule has 0 N–H and O–H groups in total. The molecule has 2 aliphatic heterocycles. The summed E-state index contributed by atoms with van der Waals surface area (Å²) in [4.78, 5) is 25.8. The molecule has 0 radical (unpaired) electrons. The summed E-state index contributed by atoms with van der Waals surface area (Å²) in [5, 5.41) is 0. The van der Waals surface area contributed by atoms with Crippen LogP contribution in [-0.2, 0) is 9.53 Å². The summed E-state index contributed by atoms with van der Waals surface area (Å²) in [6, 6.07) is 6.45. The van der Waals surface area contributed by atoms with Crippen molar-refractivity contribution < 1.29 is 13.9 Å². The topological polar surface area (TPSA) is 58.6 Å². The third kappa shape index (κ3) is 4.24. The van der Waals surface area contributed by atoms with Crippen molar-refractivity contribution in [3.05, 3.63) is 42.0 Å². The van der Waals surface area contributed by atoms with Crippen LogP contribution in [0.4, 0.5) is 10.3 Å². The second-order valence-corrected chi connectivity index (χ2v) is 7.97. The van der Waals surface area contributed by atoms with Crippen LogP contribution in [0.2, 0.25) is 0 Å². The van der Waals surface area contributed by atoms with Crippen molar-refractivity contribution in [3.8, 4) is 11.1 Å². The van der Waals surface area contributed by atoms with Gasteiger partial charge in [0.15, 0.2) is 0 Å². The summed E-state index contributed by atoms with van der Waals surface area (Å²) in [7, 11) is 3.83. The molecule has 29 heavy (non-hydrogen) atoms. The zero-order valence-electron chi connectivity index (χ0n) is 17.0. The number of ether oxygens (including phenoxy) is 1. The van der Waals surface area contributed by atoms with Crippen molar-refractivity contribution >= 4 is 11.9 Å². The number of nitrogens with zero attached hydrogens (tertiary/aromatic N) is 4. The molecule has 0 spiro atoms. The maximum Gasteiger partial charge on any atom is 0.251 e. The Kier molecular flexibility index (Phi) is 5.76. The van der Waals surface area contributed by atoms with Crippen LogP contribution in [0.1, 0.15) is 37.3 Å². The quantitative estimate of drug-likeness (QED) is 0.791. The Morgan fingerprint density at radius 3 is 2.52 bits per heavy atom. The van der Waals surface area contributed by atoms with Gasteiger partial charge in [-0.25, -0.2) is 14.4 Å². The van der Waals surface area contributed by atoms with Gasteiger partial charge in [0.05, 0.1) is 5.69 Å². The van der Waals surface area contributed by atoms with E-state index in [0.29, 0.717) is 25.6 Å². The highest BCUT2D eigenvalue weighted by Gasteiger charge is 2.32. The van der Waals surface area contributed by atoms with E-state index >= 15 is 0 Å². The number of carbonyl (C=O) groups is 1. The number of amides is 1. The predicted molar refractivity (Wildman–Crippen MR) is 109 cm³/mol. The number of rotatable bonds is 4. The number of halogens is 1. The number of carbonyl (C=O) groups excluding carboxylic acids is 1. The molecule has 1 atom stereocenters. The summed E-state index contributed by atoms with van der Waals surface area (Å²) >= 11 is 0. The SMILES string of the molecule is CN(C)c1ncc(-c2ccc(F)cc2)c(C2CCN(C(=O)[C@H]3CCCO3)CC2)n1. The lowest BCUT2D eigenvalue weighted by Crippen LogP contribution is -2.43. The van der Waals surface area contributed by atoms with Crippen molar-refractivity contribution in [2.24, 2.45) is 0 Å². The van der Waals surface area contributed by atoms with Gasteiger partial charge in [0.25, 0.3) is 5.91 Å². The lowest BCUT2D eigenvalue weighted by Gasteiger charge is -2.34. The normalized spacial score (nSPS) is 20.1. The van der Waals surface area contributed by atoms with E-state index in [1.54, 1.807) is 12.1 Å². The minimum atomic E-state index is -0.263. The molecule has 3 heterocycles. The van der Waals surface area contributed by atoms with Crippen LogP contribution in [0.25, 0.3) is 11.1 Å². The Labute approximate surface area is 170 Å². The molecular formula is C22H27FN4O2. The molecule has 0 saturated carbocycles. The van der Waals surface area contributed by atoms with Crippen LogP contribution in [-0.4, -0.2) is 60.7 Å². The Hall–Kier alpha value is -2.54. The van der Waals surface area contributed by atoms with Gasteiger partial charge in [-0.2, -0.15) is 0 Å². The Morgan fingerprint density at radius 1 is 1.17 bits per heavy atom. The first-order chi connectivity index (χ1) is 14.0. The van der Waals surface area contributed by atoms with Crippen molar-refractivity contribution in [3.63, 3.8) is 0 Å². The average Bonchev–Trinajstić information content (AvgIpc) is 3.28. The van der Waals surface area contributed by atoms with E-state index < -0.39 is 0 Å². The van der Waals surface area contributed by atoms with Gasteiger partial charge in [0, 0.05) is 51.5 Å². The molecule has 1 aromatic heterocycles. The average molecular weight is 398 g/mol. The number of anilines is 1. The highest BCUT2D eigenvalue weighted by atomic mass is 19.1. The molecule has 2 aliphatic rings. The van der Waals surface area contributed by atoms with E-state index in [-0.39, 0.29) is 23.7 Å². The third-order valence-corrected chi connectivity index (χ3v) is 5.76. The largest absolute Gasteiger partial charge is 0.368 e. The van der Waals surface area contributed by atoms with Crippen LogP contribution in [0.3, 0.4) is 0 Å². The van der Waals surface area contributed by atoms with Gasteiger partial charge in [0.2, 0.25) is 5.95 Å². The van der Waals surface area contributed by atoms with Gasteiger partial charge >= 0.3 is 0 Å². The van der Waals surface area contributed by atoms with Gasteiger partial charge in [-0.15, -0.1) is 0 Å². The van der Waals surface area contributed by atoms with E-state index in [4.69, 9.17) is 9.72 Å². The Balaban J connectivity index is 1.56. The summed E-state index contributed by atoms with van der Waals surface area (Å²) in [6.45, 7) is 2.09. The van der Waals surface area contributed by atoms with Crippen LogP contribution < -0.4 is 4.90 Å². The summed E-state index contributed by atoms with van der Waals surface area (Å²) in [5.41, 5.74) is 2.81. The first-order valence-corrected chi connectivity index (χ1v) is 10.2. The monoisotopic (exact) mass is 398 g/mol. The summed E-state index contributed by atoms with van der Waals surface area (Å²) in [6.07, 6.45) is 5.04. The Morgan fingerprint density at radius 2 is 1.90 bits per heavy atom. The smallest absolute Gasteiger partial charge is 0.251 e. The van der Waals surface area contributed by atoms with E-state index in [9.17, 15) is 9.18 Å². The van der Waals surface area contributed by atoms with E-state index in [2.05, 4.69) is 4.98 Å². The van der Waals surface area contributed by atoms with Gasteiger partial charge in [-0.05, 0) is 43.4 Å². The molecule has 7 heteroatoms. The maximum atomic E-state index is 13.4. The molecule has 1 amide bonds. The maximum absolute atomic E-state index is 13.4. The molecule has 0 bridgehead atoms. The number of piperidine rings is 1. The van der Waals surface area contributed by atoms with Gasteiger partial charge < -0.3 is 14.5 Å². The van der Waals surface area contributed by atoms with Gasteiger partial charge in [0.1, 0.15) is 11.9 Å². The van der Waals surface area contributed by atoms with Gasteiger partial charge in [-0.3, -0.25) is 4.79 Å². The minimum absolute atomic E-state index is 0.122. The van der Waals surface area contributed by atoms with Crippen molar-refractivity contribution in [1.29, 1.82) is 0 Å². The van der Waals surface area contributed by atoms with E-state index in [0.717, 1.165) is 42.5 Å². The highest BCUT2D eigenvalue weighted by Crippen LogP contribution is 2.35. The first-order valence-electron chi connectivity index (χ1n) is 10.2. The van der Waals surface area contributed by atoms with Crippen molar-refractivity contribution in [2.75, 3.05) is 38.7 Å². The molecule has 4 rings (SSSR count). The molecule has 0 unspecified atom stereocenters. The number of hydrogen-bond acceptors (Lipinski definition) is 5. The molecular weight excluding hydrogens is 371 g/mol. The molecule has 154 valence electrons. The second-order valence-electron chi connectivity index (χ2n) is 7.97. The fourth-order valence-corrected chi connectivity index (χ4v) is 4.11. The number of hydrogen-bond donors (Lipinski definition) is 0.